The molecule has 1 aromatic rings. The predicted molar refractivity (Wildman–Crippen MR) is 56.1 cm³/mol. The third-order valence-electron chi connectivity index (χ3n) is 2.44. The van der Waals surface area contributed by atoms with Crippen molar-refractivity contribution >= 4 is 27.5 Å². The van der Waals surface area contributed by atoms with Crippen molar-refractivity contribution in [1.29, 1.82) is 0 Å². The van der Waals surface area contributed by atoms with Gasteiger partial charge in [0.15, 0.2) is 0 Å². The van der Waals surface area contributed by atoms with Crippen LogP contribution in [0.15, 0.2) is 28.7 Å². The van der Waals surface area contributed by atoms with E-state index in [-0.39, 0.29) is 11.6 Å². The SMILES string of the molecule is O=C1CCC(=O)C1c1cccc(Br)c1. The molecular weight excluding hydrogens is 244 g/mol. The molecule has 72 valence electrons. The number of Topliss-reactive ketones (excluding diaryl/α,β-unsaturated/α-hetero) is 2. The molecule has 0 saturated heterocycles. The van der Waals surface area contributed by atoms with E-state index >= 15 is 0 Å². The maximum atomic E-state index is 11.5. The first-order chi connectivity index (χ1) is 6.68. The summed E-state index contributed by atoms with van der Waals surface area (Å²) in [5.41, 5.74) is 0.812. The molecule has 1 saturated carbocycles. The van der Waals surface area contributed by atoms with Crippen molar-refractivity contribution in [3.05, 3.63) is 34.3 Å². The van der Waals surface area contributed by atoms with Gasteiger partial charge in [0.25, 0.3) is 0 Å². The normalized spacial score (nSPS) is 17.8. The molecule has 1 fully saturated rings. The molecule has 0 radical (unpaired) electrons. The summed E-state index contributed by atoms with van der Waals surface area (Å²) < 4.78 is 0.905. The lowest BCUT2D eigenvalue weighted by Crippen LogP contribution is -2.11. The molecule has 2 nitrogen and oxygen atoms in total. The highest BCUT2D eigenvalue weighted by Crippen LogP contribution is 2.29. The fourth-order valence-corrected chi connectivity index (χ4v) is 2.19. The van der Waals surface area contributed by atoms with Crippen LogP contribution in [0, 0.1) is 0 Å². The second-order valence-corrected chi connectivity index (χ2v) is 4.34. The van der Waals surface area contributed by atoms with Gasteiger partial charge in [-0.3, -0.25) is 9.59 Å². The van der Waals surface area contributed by atoms with Gasteiger partial charge in [0.1, 0.15) is 17.5 Å². The second-order valence-electron chi connectivity index (χ2n) is 3.42. The van der Waals surface area contributed by atoms with Crippen LogP contribution in [0.3, 0.4) is 0 Å². The third kappa shape index (κ3) is 1.64. The smallest absolute Gasteiger partial charge is 0.148 e. The number of carbonyl (C=O) groups is 2. The lowest BCUT2D eigenvalue weighted by molar-refractivity contribution is -0.123. The average Bonchev–Trinajstić information content (AvgIpc) is 2.46. The molecule has 0 amide bonds. The van der Waals surface area contributed by atoms with Crippen LogP contribution in [-0.4, -0.2) is 11.6 Å². The summed E-state index contributed by atoms with van der Waals surface area (Å²) >= 11 is 3.33. The van der Waals surface area contributed by atoms with Gasteiger partial charge < -0.3 is 0 Å². The summed E-state index contributed by atoms with van der Waals surface area (Å²) in [6, 6.07) is 7.40. The highest BCUT2D eigenvalue weighted by molar-refractivity contribution is 9.10. The van der Waals surface area contributed by atoms with Crippen molar-refractivity contribution in [2.45, 2.75) is 18.8 Å². The Bertz CT molecular complexity index is 382. The number of carbonyl (C=O) groups excluding carboxylic acids is 2. The molecule has 1 aromatic carbocycles. The van der Waals surface area contributed by atoms with Crippen molar-refractivity contribution in [3.63, 3.8) is 0 Å². The average molecular weight is 253 g/mol. The van der Waals surface area contributed by atoms with Gasteiger partial charge in [0.05, 0.1) is 0 Å². The highest BCUT2D eigenvalue weighted by atomic mass is 79.9. The molecule has 0 N–H and O–H groups in total. The van der Waals surface area contributed by atoms with Crippen LogP contribution in [0.25, 0.3) is 0 Å². The Hall–Kier alpha value is -0.960. The van der Waals surface area contributed by atoms with Gasteiger partial charge in [0, 0.05) is 17.3 Å². The van der Waals surface area contributed by atoms with Crippen molar-refractivity contribution < 1.29 is 9.59 Å². The number of halogens is 1. The van der Waals surface area contributed by atoms with Crippen LogP contribution in [0.2, 0.25) is 0 Å². The first-order valence-electron chi connectivity index (χ1n) is 4.49. The predicted octanol–water partition coefficient (Wildman–Crippen LogP) is 2.46. The van der Waals surface area contributed by atoms with Gasteiger partial charge in [-0.25, -0.2) is 0 Å². The maximum Gasteiger partial charge on any atom is 0.148 e. The Labute approximate surface area is 90.4 Å². The van der Waals surface area contributed by atoms with E-state index in [0.29, 0.717) is 12.8 Å². The van der Waals surface area contributed by atoms with Crippen LogP contribution >= 0.6 is 15.9 Å². The molecule has 0 spiro atoms. The van der Waals surface area contributed by atoms with Crippen molar-refractivity contribution in [1.82, 2.24) is 0 Å². The molecule has 2 rings (SSSR count). The molecule has 0 atom stereocenters. The van der Waals surface area contributed by atoms with E-state index in [4.69, 9.17) is 0 Å². The molecule has 1 aliphatic rings. The van der Waals surface area contributed by atoms with Crippen molar-refractivity contribution in [3.8, 4) is 0 Å². The fourth-order valence-electron chi connectivity index (χ4n) is 1.77. The minimum atomic E-state index is -0.507. The maximum absolute atomic E-state index is 11.5. The number of hydrogen-bond donors (Lipinski definition) is 0. The Morgan fingerprint density at radius 3 is 2.36 bits per heavy atom. The molecule has 0 unspecified atom stereocenters. The van der Waals surface area contributed by atoms with Crippen molar-refractivity contribution in [2.75, 3.05) is 0 Å². The highest BCUT2D eigenvalue weighted by Gasteiger charge is 2.33. The number of benzene rings is 1. The molecule has 1 aliphatic carbocycles. The van der Waals surface area contributed by atoms with E-state index in [1.54, 1.807) is 0 Å². The van der Waals surface area contributed by atoms with Gasteiger partial charge in [-0.1, -0.05) is 28.1 Å². The summed E-state index contributed by atoms with van der Waals surface area (Å²) in [5, 5.41) is 0. The van der Waals surface area contributed by atoms with E-state index in [2.05, 4.69) is 15.9 Å². The number of ketones is 2. The minimum absolute atomic E-state index is 0.0492. The standard InChI is InChI=1S/C11H9BrO2/c12-8-3-1-2-7(6-8)11-9(13)4-5-10(11)14/h1-3,6,11H,4-5H2. The minimum Gasteiger partial charge on any atom is -0.299 e. The molecule has 0 bridgehead atoms. The number of rotatable bonds is 1. The van der Waals surface area contributed by atoms with E-state index in [9.17, 15) is 9.59 Å². The summed E-state index contributed by atoms with van der Waals surface area (Å²) in [4.78, 5) is 22.9. The molecule has 0 aliphatic heterocycles. The lowest BCUT2D eigenvalue weighted by atomic mass is 9.96. The van der Waals surface area contributed by atoms with E-state index in [0.717, 1.165) is 10.0 Å². The fraction of sp³-hybridized carbons (Fsp3) is 0.273. The quantitative estimate of drug-likeness (QED) is 0.720. The zero-order valence-electron chi connectivity index (χ0n) is 7.50. The summed E-state index contributed by atoms with van der Waals surface area (Å²) in [5.74, 6) is -0.409. The van der Waals surface area contributed by atoms with Gasteiger partial charge in [-0.15, -0.1) is 0 Å². The molecular formula is C11H9BrO2. The third-order valence-corrected chi connectivity index (χ3v) is 2.94. The van der Waals surface area contributed by atoms with Gasteiger partial charge in [0.2, 0.25) is 0 Å². The van der Waals surface area contributed by atoms with E-state index in [1.807, 2.05) is 24.3 Å². The van der Waals surface area contributed by atoms with Crippen LogP contribution < -0.4 is 0 Å². The van der Waals surface area contributed by atoms with Crippen LogP contribution in [-0.2, 0) is 9.59 Å². The topological polar surface area (TPSA) is 34.1 Å². The molecule has 0 aromatic heterocycles. The van der Waals surface area contributed by atoms with Gasteiger partial charge in [-0.05, 0) is 17.7 Å². The first-order valence-corrected chi connectivity index (χ1v) is 5.28. The summed E-state index contributed by atoms with van der Waals surface area (Å²) in [6.07, 6.45) is 0.798. The lowest BCUT2D eigenvalue weighted by Gasteiger charge is -2.06. The zero-order valence-corrected chi connectivity index (χ0v) is 9.08. The summed E-state index contributed by atoms with van der Waals surface area (Å²) in [6.45, 7) is 0. The monoisotopic (exact) mass is 252 g/mol. The Balaban J connectivity index is 2.39. The van der Waals surface area contributed by atoms with Gasteiger partial charge >= 0.3 is 0 Å². The Morgan fingerprint density at radius 2 is 1.79 bits per heavy atom. The van der Waals surface area contributed by atoms with E-state index < -0.39 is 5.92 Å². The molecule has 0 heterocycles. The van der Waals surface area contributed by atoms with Crippen LogP contribution in [0.1, 0.15) is 24.3 Å². The van der Waals surface area contributed by atoms with E-state index in [1.165, 1.54) is 0 Å². The molecule has 14 heavy (non-hydrogen) atoms. The van der Waals surface area contributed by atoms with Gasteiger partial charge in [-0.2, -0.15) is 0 Å². The largest absolute Gasteiger partial charge is 0.299 e. The second kappa shape index (κ2) is 3.65. The Morgan fingerprint density at radius 1 is 1.14 bits per heavy atom. The number of hydrogen-bond acceptors (Lipinski definition) is 2. The van der Waals surface area contributed by atoms with Crippen LogP contribution in [0.5, 0.6) is 0 Å². The Kier molecular flexibility index (Phi) is 2.50. The first kappa shape index (κ1) is 9.59. The molecule has 3 heteroatoms. The zero-order chi connectivity index (χ0) is 10.1. The van der Waals surface area contributed by atoms with Crippen molar-refractivity contribution in [2.24, 2.45) is 0 Å². The summed E-state index contributed by atoms with van der Waals surface area (Å²) in [7, 11) is 0. The van der Waals surface area contributed by atoms with Crippen LogP contribution in [0.4, 0.5) is 0 Å².